The number of carbonyl (C=O) groups excluding carboxylic acids is 1. The molecule has 4 heteroatoms. The lowest BCUT2D eigenvalue weighted by atomic mass is 10.1. The average molecular weight is 281 g/mol. The van der Waals surface area contributed by atoms with Crippen LogP contribution < -0.4 is 0 Å². The van der Waals surface area contributed by atoms with Crippen LogP contribution in [0.2, 0.25) is 0 Å². The predicted molar refractivity (Wildman–Crippen MR) is 83.7 cm³/mol. The van der Waals surface area contributed by atoms with Crippen LogP contribution in [0.1, 0.15) is 35.6 Å². The molecular formula is C17H19N3O. The first-order chi connectivity index (χ1) is 10.3. The summed E-state index contributed by atoms with van der Waals surface area (Å²) in [6, 6.07) is 10.0. The monoisotopic (exact) mass is 281 g/mol. The Labute approximate surface area is 124 Å². The van der Waals surface area contributed by atoms with E-state index in [1.165, 1.54) is 5.69 Å². The van der Waals surface area contributed by atoms with Crippen molar-refractivity contribution in [2.75, 3.05) is 0 Å². The minimum atomic E-state index is 0.740. The summed E-state index contributed by atoms with van der Waals surface area (Å²) in [5.41, 5.74) is 4.14. The minimum absolute atomic E-state index is 0.740. The Balaban J connectivity index is 2.02. The lowest BCUT2D eigenvalue weighted by molar-refractivity contribution is 0.112. The molecule has 0 amide bonds. The summed E-state index contributed by atoms with van der Waals surface area (Å²) in [7, 11) is 0. The molecule has 0 saturated carbocycles. The van der Waals surface area contributed by atoms with Crippen molar-refractivity contribution in [2.45, 2.75) is 33.4 Å². The Morgan fingerprint density at radius 2 is 2.10 bits per heavy atom. The molecule has 1 aromatic carbocycles. The standard InChI is InChI=1S/C17H19N3O/c1-3-14-10-15(20(4-2)18-14)11-19-9-8-16-13(12-21)6-5-7-17(16)19/h5-10,12H,3-4,11H2,1-2H3. The number of benzene rings is 1. The largest absolute Gasteiger partial charge is 0.341 e. The summed E-state index contributed by atoms with van der Waals surface area (Å²) >= 11 is 0. The first-order valence-electron chi connectivity index (χ1n) is 7.35. The number of rotatable bonds is 5. The van der Waals surface area contributed by atoms with Crippen molar-refractivity contribution < 1.29 is 4.79 Å². The van der Waals surface area contributed by atoms with E-state index in [1.807, 2.05) is 29.1 Å². The van der Waals surface area contributed by atoms with Gasteiger partial charge in [0.15, 0.2) is 6.29 Å². The fourth-order valence-corrected chi connectivity index (χ4v) is 2.75. The summed E-state index contributed by atoms with van der Waals surface area (Å²) in [6.45, 7) is 5.86. The summed E-state index contributed by atoms with van der Waals surface area (Å²) < 4.78 is 4.22. The van der Waals surface area contributed by atoms with E-state index in [1.54, 1.807) is 0 Å². The Hall–Kier alpha value is -2.36. The number of fused-ring (bicyclic) bond motifs is 1. The number of aryl methyl sites for hydroxylation is 2. The van der Waals surface area contributed by atoms with Crippen molar-refractivity contribution in [2.24, 2.45) is 0 Å². The zero-order valence-electron chi connectivity index (χ0n) is 12.4. The Bertz CT molecular complexity index is 783. The smallest absolute Gasteiger partial charge is 0.150 e. The molecule has 0 N–H and O–H groups in total. The van der Waals surface area contributed by atoms with Gasteiger partial charge in [-0.2, -0.15) is 5.10 Å². The molecule has 0 fully saturated rings. The zero-order valence-corrected chi connectivity index (χ0v) is 12.4. The molecule has 0 saturated heterocycles. The van der Waals surface area contributed by atoms with Gasteiger partial charge in [-0.15, -0.1) is 0 Å². The molecule has 3 aromatic rings. The van der Waals surface area contributed by atoms with Gasteiger partial charge in [0.1, 0.15) is 0 Å². The zero-order chi connectivity index (χ0) is 14.8. The van der Waals surface area contributed by atoms with Crippen LogP contribution in [-0.2, 0) is 19.5 Å². The number of carbonyl (C=O) groups is 1. The molecular weight excluding hydrogens is 262 g/mol. The summed E-state index contributed by atoms with van der Waals surface area (Å²) in [5.74, 6) is 0. The van der Waals surface area contributed by atoms with Crippen molar-refractivity contribution in [1.82, 2.24) is 14.3 Å². The predicted octanol–water partition coefficient (Wildman–Crippen LogP) is 3.28. The van der Waals surface area contributed by atoms with Gasteiger partial charge in [-0.3, -0.25) is 9.48 Å². The summed E-state index contributed by atoms with van der Waals surface area (Å²) in [5, 5.41) is 5.59. The average Bonchev–Trinajstić information content (AvgIpc) is 3.11. The van der Waals surface area contributed by atoms with E-state index in [0.717, 1.165) is 48.0 Å². The van der Waals surface area contributed by atoms with E-state index >= 15 is 0 Å². The molecule has 0 aliphatic heterocycles. The molecule has 4 nitrogen and oxygen atoms in total. The van der Waals surface area contributed by atoms with Gasteiger partial charge in [0.2, 0.25) is 0 Å². The molecule has 3 rings (SSSR count). The highest BCUT2D eigenvalue weighted by atomic mass is 16.1. The highest BCUT2D eigenvalue weighted by molar-refractivity contribution is 5.97. The van der Waals surface area contributed by atoms with Gasteiger partial charge >= 0.3 is 0 Å². The maximum absolute atomic E-state index is 11.1. The molecule has 21 heavy (non-hydrogen) atoms. The molecule has 0 unspecified atom stereocenters. The number of hydrogen-bond acceptors (Lipinski definition) is 2. The van der Waals surface area contributed by atoms with E-state index in [-0.39, 0.29) is 0 Å². The van der Waals surface area contributed by atoms with Crippen molar-refractivity contribution >= 4 is 17.2 Å². The maximum atomic E-state index is 11.1. The fraction of sp³-hybridized carbons (Fsp3) is 0.294. The van der Waals surface area contributed by atoms with Gasteiger partial charge < -0.3 is 4.57 Å². The van der Waals surface area contributed by atoms with Crippen LogP contribution >= 0.6 is 0 Å². The first kappa shape index (κ1) is 13.6. The summed E-state index contributed by atoms with van der Waals surface area (Å²) in [4.78, 5) is 11.1. The number of nitrogens with zero attached hydrogens (tertiary/aromatic N) is 3. The quantitative estimate of drug-likeness (QED) is 0.673. The number of aromatic nitrogens is 3. The summed E-state index contributed by atoms with van der Waals surface area (Å²) in [6.07, 6.45) is 3.90. The van der Waals surface area contributed by atoms with Crippen LogP contribution in [0.4, 0.5) is 0 Å². The Morgan fingerprint density at radius 1 is 1.24 bits per heavy atom. The second kappa shape index (κ2) is 5.56. The van der Waals surface area contributed by atoms with Crippen LogP contribution in [-0.4, -0.2) is 20.6 Å². The third kappa shape index (κ3) is 2.37. The van der Waals surface area contributed by atoms with E-state index in [2.05, 4.69) is 35.6 Å². The molecule has 0 bridgehead atoms. The highest BCUT2D eigenvalue weighted by Crippen LogP contribution is 2.20. The third-order valence-corrected chi connectivity index (χ3v) is 3.88. The molecule has 108 valence electrons. The number of hydrogen-bond donors (Lipinski definition) is 0. The van der Waals surface area contributed by atoms with Crippen molar-refractivity contribution in [1.29, 1.82) is 0 Å². The van der Waals surface area contributed by atoms with Gasteiger partial charge in [0.05, 0.1) is 17.9 Å². The van der Waals surface area contributed by atoms with Gasteiger partial charge in [0, 0.05) is 29.2 Å². The van der Waals surface area contributed by atoms with Gasteiger partial charge in [-0.1, -0.05) is 19.1 Å². The molecule has 0 spiro atoms. The van der Waals surface area contributed by atoms with E-state index in [9.17, 15) is 4.79 Å². The van der Waals surface area contributed by atoms with Crippen LogP contribution in [0.3, 0.4) is 0 Å². The lowest BCUT2D eigenvalue weighted by Crippen LogP contribution is -2.07. The van der Waals surface area contributed by atoms with Crippen molar-refractivity contribution in [3.63, 3.8) is 0 Å². The Kier molecular flexibility index (Phi) is 3.60. The number of aldehydes is 1. The molecule has 0 radical (unpaired) electrons. The van der Waals surface area contributed by atoms with E-state index in [4.69, 9.17) is 0 Å². The van der Waals surface area contributed by atoms with E-state index < -0.39 is 0 Å². The highest BCUT2D eigenvalue weighted by Gasteiger charge is 2.09. The topological polar surface area (TPSA) is 39.8 Å². The van der Waals surface area contributed by atoms with Crippen LogP contribution in [0.25, 0.3) is 10.9 Å². The third-order valence-electron chi connectivity index (χ3n) is 3.88. The lowest BCUT2D eigenvalue weighted by Gasteiger charge is -2.07. The fourth-order valence-electron chi connectivity index (χ4n) is 2.75. The van der Waals surface area contributed by atoms with Crippen LogP contribution in [0.5, 0.6) is 0 Å². The van der Waals surface area contributed by atoms with Gasteiger partial charge in [-0.05, 0) is 31.5 Å². The first-order valence-corrected chi connectivity index (χ1v) is 7.35. The molecule has 0 atom stereocenters. The molecule has 2 aromatic heterocycles. The van der Waals surface area contributed by atoms with Crippen molar-refractivity contribution in [3.8, 4) is 0 Å². The SMILES string of the molecule is CCc1cc(Cn2ccc3c(C=O)cccc32)n(CC)n1. The van der Waals surface area contributed by atoms with E-state index in [0.29, 0.717) is 0 Å². The van der Waals surface area contributed by atoms with Crippen molar-refractivity contribution in [3.05, 3.63) is 53.5 Å². The van der Waals surface area contributed by atoms with Crippen LogP contribution in [0, 0.1) is 0 Å². The van der Waals surface area contributed by atoms with Gasteiger partial charge in [-0.25, -0.2) is 0 Å². The van der Waals surface area contributed by atoms with Gasteiger partial charge in [0.25, 0.3) is 0 Å². The minimum Gasteiger partial charge on any atom is -0.341 e. The Morgan fingerprint density at radius 3 is 2.81 bits per heavy atom. The second-order valence-corrected chi connectivity index (χ2v) is 5.14. The maximum Gasteiger partial charge on any atom is 0.150 e. The molecule has 0 aliphatic carbocycles. The second-order valence-electron chi connectivity index (χ2n) is 5.14. The molecule has 2 heterocycles. The molecule has 0 aliphatic rings. The van der Waals surface area contributed by atoms with Crippen LogP contribution in [0.15, 0.2) is 36.5 Å². The normalized spacial score (nSPS) is 11.1.